The third kappa shape index (κ3) is 3.87. The lowest BCUT2D eigenvalue weighted by molar-refractivity contribution is -0.148. The first-order valence-corrected chi connectivity index (χ1v) is 8.44. The van der Waals surface area contributed by atoms with E-state index < -0.39 is 18.6 Å². The number of nitrogens with zero attached hydrogens (tertiary/aromatic N) is 2. The van der Waals surface area contributed by atoms with Crippen molar-refractivity contribution >= 4 is 32.9 Å². The summed E-state index contributed by atoms with van der Waals surface area (Å²) in [5, 5.41) is 0. The van der Waals surface area contributed by atoms with E-state index in [1.807, 2.05) is 12.1 Å². The third-order valence-corrected chi connectivity index (χ3v) is 4.28. The van der Waals surface area contributed by atoms with E-state index in [1.54, 1.807) is 43.3 Å². The van der Waals surface area contributed by atoms with Crippen molar-refractivity contribution in [2.45, 2.75) is 26.0 Å². The van der Waals surface area contributed by atoms with Gasteiger partial charge < -0.3 is 4.74 Å². The molecular formula is C18H15BrF2N2O2. The highest BCUT2D eigenvalue weighted by molar-refractivity contribution is 9.10. The van der Waals surface area contributed by atoms with Gasteiger partial charge >= 0.3 is 12.5 Å². The Bertz CT molecular complexity index is 894. The molecule has 1 atom stereocenters. The maximum absolute atomic E-state index is 13.5. The topological polar surface area (TPSA) is 44.1 Å². The number of esters is 1. The fourth-order valence-electron chi connectivity index (χ4n) is 2.62. The van der Waals surface area contributed by atoms with E-state index in [9.17, 15) is 13.6 Å². The molecule has 1 aromatic heterocycles. The summed E-state index contributed by atoms with van der Waals surface area (Å²) in [6.07, 6.45) is -0.823. The van der Waals surface area contributed by atoms with Crippen LogP contribution in [0.25, 0.3) is 11.0 Å². The number of hydrogen-bond acceptors (Lipinski definition) is 3. The Morgan fingerprint density at radius 3 is 2.56 bits per heavy atom. The van der Waals surface area contributed by atoms with Crippen molar-refractivity contribution in [3.63, 3.8) is 0 Å². The molecule has 7 heteroatoms. The number of hydrogen-bond donors (Lipinski definition) is 0. The van der Waals surface area contributed by atoms with Crippen molar-refractivity contribution in [1.29, 1.82) is 0 Å². The van der Waals surface area contributed by atoms with Crippen molar-refractivity contribution in [3.8, 4) is 0 Å². The lowest BCUT2D eigenvalue weighted by atomic mass is 10.1. The van der Waals surface area contributed by atoms with Gasteiger partial charge in [-0.25, -0.2) is 4.98 Å². The molecule has 0 aliphatic carbocycles. The highest BCUT2D eigenvalue weighted by Gasteiger charge is 2.24. The summed E-state index contributed by atoms with van der Waals surface area (Å²) in [6, 6.07) is 13.8. The molecule has 1 unspecified atom stereocenters. The van der Waals surface area contributed by atoms with E-state index in [-0.39, 0.29) is 12.2 Å². The monoisotopic (exact) mass is 408 g/mol. The summed E-state index contributed by atoms with van der Waals surface area (Å²) in [7, 11) is 0. The smallest absolute Gasteiger partial charge is 0.320 e. The van der Waals surface area contributed by atoms with Gasteiger partial charge in [0.25, 0.3) is 0 Å². The Morgan fingerprint density at radius 1 is 1.20 bits per heavy atom. The molecule has 0 spiro atoms. The van der Waals surface area contributed by atoms with E-state index in [4.69, 9.17) is 4.74 Å². The highest BCUT2D eigenvalue weighted by Crippen LogP contribution is 2.28. The quantitative estimate of drug-likeness (QED) is 0.555. The van der Waals surface area contributed by atoms with E-state index in [1.165, 1.54) is 0 Å². The largest absolute Gasteiger partial charge is 0.454 e. The molecule has 0 saturated carbocycles. The van der Waals surface area contributed by atoms with E-state index >= 15 is 0 Å². The number of benzene rings is 2. The zero-order valence-electron chi connectivity index (χ0n) is 13.3. The predicted octanol–water partition coefficient (Wildman–Crippen LogP) is 5.04. The molecule has 2 aromatic carbocycles. The molecule has 4 nitrogen and oxygen atoms in total. The number of carbonyl (C=O) groups excluding carboxylic acids is 1. The van der Waals surface area contributed by atoms with Crippen LogP contribution in [0.5, 0.6) is 0 Å². The molecule has 0 aliphatic heterocycles. The van der Waals surface area contributed by atoms with Gasteiger partial charge in [-0.05, 0) is 36.8 Å². The first-order chi connectivity index (χ1) is 12.0. The van der Waals surface area contributed by atoms with Gasteiger partial charge in [0.2, 0.25) is 0 Å². The summed E-state index contributed by atoms with van der Waals surface area (Å²) in [6.45, 7) is -1.23. The molecular weight excluding hydrogens is 394 g/mol. The summed E-state index contributed by atoms with van der Waals surface area (Å²) in [5.41, 5.74) is 1.53. The van der Waals surface area contributed by atoms with E-state index in [0.717, 1.165) is 14.6 Å². The number of rotatable bonds is 5. The molecule has 25 heavy (non-hydrogen) atoms. The number of para-hydroxylation sites is 2. The number of imidazole rings is 1. The number of carbonyl (C=O) groups is 1. The highest BCUT2D eigenvalue weighted by atomic mass is 79.9. The normalized spacial score (nSPS) is 12.5. The van der Waals surface area contributed by atoms with Gasteiger partial charge in [0.1, 0.15) is 0 Å². The van der Waals surface area contributed by atoms with Crippen LogP contribution in [0.2, 0.25) is 0 Å². The Balaban J connectivity index is 1.79. The molecule has 130 valence electrons. The maximum atomic E-state index is 13.5. The van der Waals surface area contributed by atoms with Gasteiger partial charge in [-0.1, -0.05) is 40.2 Å². The zero-order chi connectivity index (χ0) is 18.0. The molecule has 3 rings (SSSR count). The average molecular weight is 409 g/mol. The molecule has 1 heterocycles. The number of alkyl halides is 2. The van der Waals surface area contributed by atoms with Crippen molar-refractivity contribution in [1.82, 2.24) is 9.55 Å². The van der Waals surface area contributed by atoms with Crippen LogP contribution >= 0.6 is 15.9 Å². The third-order valence-electron chi connectivity index (χ3n) is 3.75. The molecule has 0 radical (unpaired) electrons. The van der Waals surface area contributed by atoms with Gasteiger partial charge in [-0.15, -0.1) is 0 Å². The molecule has 0 fully saturated rings. The SMILES string of the molecule is CC(OC(=O)Cc1ccc(Br)cc1)c1nc2ccccc2n1C(F)F. The average Bonchev–Trinajstić information content (AvgIpc) is 2.96. The van der Waals surface area contributed by atoms with Gasteiger partial charge in [-0.3, -0.25) is 9.36 Å². The zero-order valence-corrected chi connectivity index (χ0v) is 14.9. The minimum absolute atomic E-state index is 0.0281. The van der Waals surface area contributed by atoms with Gasteiger partial charge in [-0.2, -0.15) is 8.78 Å². The van der Waals surface area contributed by atoms with Crippen LogP contribution in [0.15, 0.2) is 53.0 Å². The number of fused-ring (bicyclic) bond motifs is 1. The Labute approximate surface area is 151 Å². The van der Waals surface area contributed by atoms with Gasteiger partial charge in [0, 0.05) is 4.47 Å². The summed E-state index contributed by atoms with van der Waals surface area (Å²) in [5.74, 6) is -0.469. The lowest BCUT2D eigenvalue weighted by Gasteiger charge is -2.15. The first-order valence-electron chi connectivity index (χ1n) is 7.64. The van der Waals surface area contributed by atoms with Crippen molar-refractivity contribution in [2.75, 3.05) is 0 Å². The fraction of sp³-hybridized carbons (Fsp3) is 0.222. The molecule has 0 saturated heterocycles. The van der Waals surface area contributed by atoms with Crippen LogP contribution in [0, 0.1) is 0 Å². The van der Waals surface area contributed by atoms with Gasteiger partial charge in [0.05, 0.1) is 17.5 Å². The number of halogens is 3. The van der Waals surface area contributed by atoms with Crippen LogP contribution < -0.4 is 0 Å². The standard InChI is InChI=1S/C18H15BrF2N2O2/c1-11(25-16(24)10-12-6-8-13(19)9-7-12)17-22-14-4-2-3-5-15(14)23(17)18(20)21/h2-9,11,18H,10H2,1H3. The second-order valence-electron chi connectivity index (χ2n) is 5.54. The number of aromatic nitrogens is 2. The van der Waals surface area contributed by atoms with Crippen LogP contribution in [0.3, 0.4) is 0 Å². The molecule has 0 N–H and O–H groups in total. The van der Waals surface area contributed by atoms with Crippen molar-refractivity contribution < 1.29 is 18.3 Å². The minimum atomic E-state index is -2.77. The van der Waals surface area contributed by atoms with Crippen molar-refractivity contribution in [2.24, 2.45) is 0 Å². The van der Waals surface area contributed by atoms with E-state index in [2.05, 4.69) is 20.9 Å². The van der Waals surface area contributed by atoms with Crippen LogP contribution in [-0.4, -0.2) is 15.5 Å². The second-order valence-corrected chi connectivity index (χ2v) is 6.46. The number of ether oxygens (including phenoxy) is 1. The second kappa shape index (κ2) is 7.31. The van der Waals surface area contributed by atoms with Crippen molar-refractivity contribution in [3.05, 3.63) is 64.4 Å². The Kier molecular flexibility index (Phi) is 5.13. The van der Waals surface area contributed by atoms with E-state index in [0.29, 0.717) is 11.0 Å². The van der Waals surface area contributed by atoms with Gasteiger partial charge in [0.15, 0.2) is 11.9 Å². The Hall–Kier alpha value is -2.28. The van der Waals surface area contributed by atoms with Crippen LogP contribution in [0.1, 0.15) is 31.0 Å². The molecule has 0 aliphatic rings. The van der Waals surface area contributed by atoms with Crippen LogP contribution in [-0.2, 0) is 16.0 Å². The van der Waals surface area contributed by atoms with Crippen LogP contribution in [0.4, 0.5) is 8.78 Å². The fourth-order valence-corrected chi connectivity index (χ4v) is 2.88. The predicted molar refractivity (Wildman–Crippen MR) is 93.3 cm³/mol. The Morgan fingerprint density at radius 2 is 1.88 bits per heavy atom. The maximum Gasteiger partial charge on any atom is 0.320 e. The summed E-state index contributed by atoms with van der Waals surface area (Å²) in [4.78, 5) is 16.3. The summed E-state index contributed by atoms with van der Waals surface area (Å²) < 4.78 is 33.9. The lowest BCUT2D eigenvalue weighted by Crippen LogP contribution is -2.15. The first kappa shape index (κ1) is 17.5. The molecule has 0 bridgehead atoms. The summed E-state index contributed by atoms with van der Waals surface area (Å²) >= 11 is 3.32. The molecule has 0 amide bonds. The minimum Gasteiger partial charge on any atom is -0.454 e. The molecule has 3 aromatic rings.